The third-order valence-corrected chi connectivity index (χ3v) is 1.54. The maximum Gasteiger partial charge on any atom is 0.331 e. The molecule has 0 bridgehead atoms. The van der Waals surface area contributed by atoms with Crippen molar-refractivity contribution >= 4 is 5.97 Å². The smallest absolute Gasteiger partial charge is 0.331 e. The van der Waals surface area contributed by atoms with Crippen molar-refractivity contribution in [3.05, 3.63) is 12.3 Å². The zero-order chi connectivity index (χ0) is 9.40. The second-order valence-electron chi connectivity index (χ2n) is 2.47. The van der Waals surface area contributed by atoms with Crippen LogP contribution in [-0.2, 0) is 9.53 Å². The van der Waals surface area contributed by atoms with E-state index in [1.807, 2.05) is 0 Å². The van der Waals surface area contributed by atoms with Gasteiger partial charge in [-0.05, 0) is 13.3 Å². The second kappa shape index (κ2) is 6.70. The third kappa shape index (κ3) is 4.77. The molecule has 0 aromatic carbocycles. The van der Waals surface area contributed by atoms with Gasteiger partial charge in [0.25, 0.3) is 0 Å². The molecule has 0 aliphatic rings. The second-order valence-corrected chi connectivity index (χ2v) is 2.47. The summed E-state index contributed by atoms with van der Waals surface area (Å²) in [5, 5.41) is 0. The first-order valence-electron chi connectivity index (χ1n) is 4.24. The highest BCUT2D eigenvalue weighted by molar-refractivity contribution is 5.81. The Morgan fingerprint density at radius 3 is 2.58 bits per heavy atom. The molecular weight excluding hydrogens is 154 g/mol. The Morgan fingerprint density at radius 1 is 1.50 bits per heavy atom. The molecule has 0 heterocycles. The third-order valence-electron chi connectivity index (χ3n) is 1.54. The Labute approximate surface area is 74.0 Å². The van der Waals surface area contributed by atoms with E-state index in [1.54, 1.807) is 6.20 Å². The van der Waals surface area contributed by atoms with Crippen LogP contribution in [0.1, 0.15) is 20.3 Å². The normalized spacial score (nSPS) is 10.2. The fraction of sp³-hybridized carbons (Fsp3) is 0.667. The highest BCUT2D eigenvalue weighted by Crippen LogP contribution is 1.92. The van der Waals surface area contributed by atoms with Crippen LogP contribution in [-0.4, -0.2) is 31.1 Å². The monoisotopic (exact) mass is 171 g/mol. The summed E-state index contributed by atoms with van der Waals surface area (Å²) < 4.78 is 4.47. The van der Waals surface area contributed by atoms with Gasteiger partial charge in [0, 0.05) is 25.4 Å². The molecule has 0 N–H and O–H groups in total. The highest BCUT2D eigenvalue weighted by atomic mass is 16.5. The van der Waals surface area contributed by atoms with Gasteiger partial charge >= 0.3 is 5.97 Å². The maximum absolute atomic E-state index is 10.7. The molecule has 0 unspecified atom stereocenters. The predicted octanol–water partition coefficient (Wildman–Crippen LogP) is 1.41. The average molecular weight is 171 g/mol. The summed E-state index contributed by atoms with van der Waals surface area (Å²) in [5.41, 5.74) is 0. The molecule has 0 radical (unpaired) electrons. The number of esters is 1. The molecular formula is C9H17NO2. The predicted molar refractivity (Wildman–Crippen MR) is 48.7 cm³/mol. The Morgan fingerprint density at radius 2 is 2.17 bits per heavy atom. The molecule has 0 aromatic heterocycles. The van der Waals surface area contributed by atoms with E-state index in [0.717, 1.165) is 19.5 Å². The van der Waals surface area contributed by atoms with Gasteiger partial charge in [-0.2, -0.15) is 0 Å². The quantitative estimate of drug-likeness (QED) is 0.462. The van der Waals surface area contributed by atoms with Crippen LogP contribution in [0.3, 0.4) is 0 Å². The number of carbonyl (C=O) groups excluding carboxylic acids is 1. The lowest BCUT2D eigenvalue weighted by atomic mass is 10.4. The Kier molecular flexibility index (Phi) is 6.15. The van der Waals surface area contributed by atoms with E-state index >= 15 is 0 Å². The minimum atomic E-state index is -0.301. The van der Waals surface area contributed by atoms with Crippen LogP contribution in [0.4, 0.5) is 0 Å². The van der Waals surface area contributed by atoms with E-state index in [1.165, 1.54) is 13.2 Å². The van der Waals surface area contributed by atoms with Gasteiger partial charge in [0.05, 0.1) is 7.11 Å². The van der Waals surface area contributed by atoms with Crippen molar-refractivity contribution in [3.63, 3.8) is 0 Å². The van der Waals surface area contributed by atoms with Gasteiger partial charge in [0.2, 0.25) is 0 Å². The van der Waals surface area contributed by atoms with Gasteiger partial charge in [0.15, 0.2) is 0 Å². The van der Waals surface area contributed by atoms with Crippen molar-refractivity contribution in [1.82, 2.24) is 4.90 Å². The first-order valence-corrected chi connectivity index (χ1v) is 4.24. The van der Waals surface area contributed by atoms with E-state index in [4.69, 9.17) is 0 Å². The summed E-state index contributed by atoms with van der Waals surface area (Å²) >= 11 is 0. The Hall–Kier alpha value is -0.990. The molecule has 12 heavy (non-hydrogen) atoms. The van der Waals surface area contributed by atoms with Crippen molar-refractivity contribution in [2.24, 2.45) is 0 Å². The number of ether oxygens (including phenoxy) is 1. The molecule has 0 saturated carbocycles. The number of carbonyl (C=O) groups is 1. The van der Waals surface area contributed by atoms with Crippen LogP contribution in [0.25, 0.3) is 0 Å². The molecule has 0 rings (SSSR count). The number of methoxy groups -OCH3 is 1. The minimum Gasteiger partial charge on any atom is -0.466 e. The highest BCUT2D eigenvalue weighted by Gasteiger charge is 1.95. The van der Waals surface area contributed by atoms with Gasteiger partial charge < -0.3 is 9.64 Å². The summed E-state index contributed by atoms with van der Waals surface area (Å²) in [4.78, 5) is 12.8. The lowest BCUT2D eigenvalue weighted by molar-refractivity contribution is -0.134. The minimum absolute atomic E-state index is 0.301. The van der Waals surface area contributed by atoms with Gasteiger partial charge in [-0.15, -0.1) is 0 Å². The first-order chi connectivity index (χ1) is 5.74. The standard InChI is InChI=1S/C9H17NO2/c1-4-7-10(5-2)8-6-9(11)12-3/h6,8H,4-5,7H2,1-3H3. The fourth-order valence-corrected chi connectivity index (χ4v) is 0.860. The fourth-order valence-electron chi connectivity index (χ4n) is 0.860. The van der Waals surface area contributed by atoms with Crippen LogP contribution in [0.15, 0.2) is 12.3 Å². The molecule has 3 heteroatoms. The summed E-state index contributed by atoms with van der Waals surface area (Å²) in [5.74, 6) is -0.301. The largest absolute Gasteiger partial charge is 0.466 e. The van der Waals surface area contributed by atoms with Gasteiger partial charge in [-0.25, -0.2) is 4.79 Å². The molecule has 0 fully saturated rings. The average Bonchev–Trinajstić information content (AvgIpc) is 2.11. The van der Waals surface area contributed by atoms with Crippen molar-refractivity contribution in [3.8, 4) is 0 Å². The van der Waals surface area contributed by atoms with E-state index in [-0.39, 0.29) is 5.97 Å². The van der Waals surface area contributed by atoms with Crippen molar-refractivity contribution < 1.29 is 9.53 Å². The number of hydrogen-bond acceptors (Lipinski definition) is 3. The zero-order valence-electron chi connectivity index (χ0n) is 8.04. The van der Waals surface area contributed by atoms with Crippen LogP contribution in [0.2, 0.25) is 0 Å². The number of hydrogen-bond donors (Lipinski definition) is 0. The summed E-state index contributed by atoms with van der Waals surface area (Å²) in [6, 6.07) is 0. The van der Waals surface area contributed by atoms with E-state index in [9.17, 15) is 4.79 Å². The van der Waals surface area contributed by atoms with E-state index < -0.39 is 0 Å². The molecule has 70 valence electrons. The van der Waals surface area contributed by atoms with E-state index in [0.29, 0.717) is 0 Å². The van der Waals surface area contributed by atoms with Crippen LogP contribution in [0, 0.1) is 0 Å². The molecule has 0 atom stereocenters. The topological polar surface area (TPSA) is 29.5 Å². The Bertz CT molecular complexity index is 155. The van der Waals surface area contributed by atoms with Gasteiger partial charge in [-0.1, -0.05) is 6.92 Å². The molecule has 0 aliphatic carbocycles. The molecule has 0 aromatic rings. The molecule has 0 aliphatic heterocycles. The maximum atomic E-state index is 10.7. The summed E-state index contributed by atoms with van der Waals surface area (Å²) in [6.45, 7) is 6.05. The summed E-state index contributed by atoms with van der Waals surface area (Å²) in [6.07, 6.45) is 4.30. The van der Waals surface area contributed by atoms with Gasteiger partial charge in [0.1, 0.15) is 0 Å². The van der Waals surface area contributed by atoms with Crippen LogP contribution in [0.5, 0.6) is 0 Å². The number of rotatable bonds is 5. The summed E-state index contributed by atoms with van der Waals surface area (Å²) in [7, 11) is 1.38. The Balaban J connectivity index is 3.83. The molecule has 0 amide bonds. The van der Waals surface area contributed by atoms with Crippen molar-refractivity contribution in [2.75, 3.05) is 20.2 Å². The molecule has 0 spiro atoms. The zero-order valence-corrected chi connectivity index (χ0v) is 8.04. The lowest BCUT2D eigenvalue weighted by Crippen LogP contribution is -2.17. The van der Waals surface area contributed by atoms with E-state index in [2.05, 4.69) is 23.5 Å². The first kappa shape index (κ1) is 11.0. The van der Waals surface area contributed by atoms with Crippen molar-refractivity contribution in [2.45, 2.75) is 20.3 Å². The van der Waals surface area contributed by atoms with Crippen molar-refractivity contribution in [1.29, 1.82) is 0 Å². The van der Waals surface area contributed by atoms with Crippen LogP contribution < -0.4 is 0 Å². The van der Waals surface area contributed by atoms with Gasteiger partial charge in [-0.3, -0.25) is 0 Å². The lowest BCUT2D eigenvalue weighted by Gasteiger charge is -2.15. The molecule has 0 saturated heterocycles. The SMILES string of the molecule is CCCN(C=CC(=O)OC)CC. The van der Waals surface area contributed by atoms with Crippen LogP contribution >= 0.6 is 0 Å². The number of nitrogens with zero attached hydrogens (tertiary/aromatic N) is 1. The molecule has 3 nitrogen and oxygen atoms in total.